The maximum absolute atomic E-state index is 12.4. The highest BCUT2D eigenvalue weighted by Crippen LogP contribution is 2.30. The highest BCUT2D eigenvalue weighted by atomic mass is 16.5. The molecule has 0 unspecified atom stereocenters. The van der Waals surface area contributed by atoms with Crippen LogP contribution in [0.2, 0.25) is 0 Å². The average Bonchev–Trinajstić information content (AvgIpc) is 3.46. The molecule has 0 radical (unpaired) electrons. The van der Waals surface area contributed by atoms with E-state index in [0.717, 1.165) is 12.8 Å². The Kier molecular flexibility index (Phi) is 5.20. The lowest BCUT2D eigenvalue weighted by Crippen LogP contribution is -2.17. The molecule has 25 heavy (non-hydrogen) atoms. The number of aromatic nitrogens is 2. The van der Waals surface area contributed by atoms with E-state index in [-0.39, 0.29) is 30.9 Å². The summed E-state index contributed by atoms with van der Waals surface area (Å²) in [5.41, 5.74) is 0.736. The largest absolute Gasteiger partial charge is 0.489 e. The van der Waals surface area contributed by atoms with Crippen molar-refractivity contribution in [1.82, 2.24) is 9.97 Å². The Balaban J connectivity index is 1.70. The van der Waals surface area contributed by atoms with E-state index in [1.165, 1.54) is 24.7 Å². The molecule has 2 amide bonds. The number of carbonyl (C=O) groups is 2. The lowest BCUT2D eigenvalue weighted by Gasteiger charge is -2.11. The van der Waals surface area contributed by atoms with Crippen LogP contribution < -0.4 is 15.4 Å². The Morgan fingerprint density at radius 2 is 2.08 bits per heavy atom. The number of amides is 2. The fourth-order valence-electron chi connectivity index (χ4n) is 2.17. The summed E-state index contributed by atoms with van der Waals surface area (Å²) in [5, 5.41) is 14.3. The van der Waals surface area contributed by atoms with E-state index in [9.17, 15) is 9.59 Å². The van der Waals surface area contributed by atoms with E-state index < -0.39 is 0 Å². The van der Waals surface area contributed by atoms with Gasteiger partial charge in [-0.1, -0.05) is 0 Å². The molecule has 1 fully saturated rings. The number of rotatable bonds is 7. The molecule has 2 heterocycles. The molecule has 130 valence electrons. The molecular weight excluding hydrogens is 324 g/mol. The second-order valence-corrected chi connectivity index (χ2v) is 5.59. The van der Waals surface area contributed by atoms with Crippen molar-refractivity contribution in [3.05, 3.63) is 42.4 Å². The van der Waals surface area contributed by atoms with Crippen molar-refractivity contribution in [2.24, 2.45) is 5.92 Å². The summed E-state index contributed by atoms with van der Waals surface area (Å²) in [6, 6.07) is 4.66. The van der Waals surface area contributed by atoms with Crippen LogP contribution in [0.3, 0.4) is 0 Å². The molecule has 2 aromatic rings. The fourth-order valence-corrected chi connectivity index (χ4v) is 2.17. The second-order valence-electron chi connectivity index (χ2n) is 5.59. The standard InChI is InChI=1S/C17H18N4O4/c22-7-8-25-14-4-5-18-10-13(14)20-17(24)12-3-6-19-15(9-12)21-16(23)11-1-2-11/h3-6,9-11,22H,1-2,7-8H2,(H,20,24)(H,19,21,23). The second kappa shape index (κ2) is 7.71. The van der Waals surface area contributed by atoms with E-state index in [2.05, 4.69) is 20.6 Å². The van der Waals surface area contributed by atoms with Gasteiger partial charge in [0, 0.05) is 29.9 Å². The maximum Gasteiger partial charge on any atom is 0.255 e. The van der Waals surface area contributed by atoms with Gasteiger partial charge < -0.3 is 20.5 Å². The van der Waals surface area contributed by atoms with E-state index in [0.29, 0.717) is 22.8 Å². The summed E-state index contributed by atoms with van der Waals surface area (Å²) >= 11 is 0. The normalized spacial score (nSPS) is 13.2. The first-order valence-electron chi connectivity index (χ1n) is 7.93. The van der Waals surface area contributed by atoms with E-state index in [1.54, 1.807) is 12.1 Å². The van der Waals surface area contributed by atoms with Crippen LogP contribution in [0.15, 0.2) is 36.8 Å². The van der Waals surface area contributed by atoms with Crippen molar-refractivity contribution in [1.29, 1.82) is 0 Å². The van der Waals surface area contributed by atoms with E-state index in [1.807, 2.05) is 0 Å². The first-order valence-corrected chi connectivity index (χ1v) is 7.93. The van der Waals surface area contributed by atoms with Gasteiger partial charge in [0.25, 0.3) is 5.91 Å². The zero-order chi connectivity index (χ0) is 17.6. The van der Waals surface area contributed by atoms with Gasteiger partial charge in [-0.15, -0.1) is 0 Å². The van der Waals surface area contributed by atoms with Crippen LogP contribution in [0, 0.1) is 5.92 Å². The van der Waals surface area contributed by atoms with Gasteiger partial charge in [0.1, 0.15) is 23.9 Å². The quantitative estimate of drug-likeness (QED) is 0.702. The fraction of sp³-hybridized carbons (Fsp3) is 0.294. The van der Waals surface area contributed by atoms with Crippen molar-refractivity contribution in [2.75, 3.05) is 23.8 Å². The van der Waals surface area contributed by atoms with Crippen LogP contribution in [0.4, 0.5) is 11.5 Å². The monoisotopic (exact) mass is 342 g/mol. The van der Waals surface area contributed by atoms with Gasteiger partial charge in [-0.05, 0) is 25.0 Å². The Morgan fingerprint density at radius 3 is 2.84 bits per heavy atom. The van der Waals surface area contributed by atoms with Gasteiger partial charge in [-0.25, -0.2) is 4.98 Å². The summed E-state index contributed by atoms with van der Waals surface area (Å²) < 4.78 is 5.36. The van der Waals surface area contributed by atoms with Crippen molar-refractivity contribution < 1.29 is 19.4 Å². The van der Waals surface area contributed by atoms with Gasteiger partial charge in [0.15, 0.2) is 0 Å². The van der Waals surface area contributed by atoms with E-state index >= 15 is 0 Å². The van der Waals surface area contributed by atoms with Crippen molar-refractivity contribution in [3.63, 3.8) is 0 Å². The Bertz CT molecular complexity index is 777. The predicted molar refractivity (Wildman–Crippen MR) is 90.4 cm³/mol. The lowest BCUT2D eigenvalue weighted by atomic mass is 10.2. The van der Waals surface area contributed by atoms with Gasteiger partial charge in [-0.3, -0.25) is 14.6 Å². The van der Waals surface area contributed by atoms with Gasteiger partial charge >= 0.3 is 0 Å². The third-order valence-electron chi connectivity index (χ3n) is 3.60. The lowest BCUT2D eigenvalue weighted by molar-refractivity contribution is -0.117. The number of aliphatic hydroxyl groups is 1. The molecule has 8 nitrogen and oxygen atoms in total. The maximum atomic E-state index is 12.4. The molecule has 0 bridgehead atoms. The number of ether oxygens (including phenoxy) is 1. The highest BCUT2D eigenvalue weighted by molar-refractivity contribution is 6.05. The van der Waals surface area contributed by atoms with Gasteiger partial charge in [0.2, 0.25) is 5.91 Å². The van der Waals surface area contributed by atoms with Crippen LogP contribution in [-0.2, 0) is 4.79 Å². The molecule has 0 atom stereocenters. The number of hydrogen-bond acceptors (Lipinski definition) is 6. The minimum absolute atomic E-state index is 0.0564. The van der Waals surface area contributed by atoms with Crippen LogP contribution in [0.25, 0.3) is 0 Å². The highest BCUT2D eigenvalue weighted by Gasteiger charge is 2.29. The first kappa shape index (κ1) is 16.8. The molecule has 2 aromatic heterocycles. The Morgan fingerprint density at radius 1 is 1.24 bits per heavy atom. The molecule has 8 heteroatoms. The number of pyridine rings is 2. The number of carbonyl (C=O) groups excluding carboxylic acids is 2. The topological polar surface area (TPSA) is 113 Å². The molecule has 1 saturated carbocycles. The zero-order valence-corrected chi connectivity index (χ0v) is 13.4. The van der Waals surface area contributed by atoms with Crippen LogP contribution in [0.5, 0.6) is 5.75 Å². The summed E-state index contributed by atoms with van der Waals surface area (Å²) in [6.45, 7) is -0.0242. The molecule has 1 aliphatic rings. The van der Waals surface area contributed by atoms with Crippen LogP contribution in [-0.4, -0.2) is 40.1 Å². The molecule has 0 aliphatic heterocycles. The SMILES string of the molecule is O=C(Nc1cnccc1OCCO)c1ccnc(NC(=O)C2CC2)c1. The molecule has 1 aliphatic carbocycles. The molecule has 3 rings (SSSR count). The molecule has 0 spiro atoms. The van der Waals surface area contributed by atoms with Gasteiger partial charge in [-0.2, -0.15) is 0 Å². The number of hydrogen-bond donors (Lipinski definition) is 3. The predicted octanol–water partition coefficient (Wildman–Crippen LogP) is 1.45. The van der Waals surface area contributed by atoms with Crippen LogP contribution in [0.1, 0.15) is 23.2 Å². The van der Waals surface area contributed by atoms with E-state index in [4.69, 9.17) is 9.84 Å². The zero-order valence-electron chi connectivity index (χ0n) is 13.4. The summed E-state index contributed by atoms with van der Waals surface area (Å²) in [5.74, 6) is 0.352. The van der Waals surface area contributed by atoms with Crippen molar-refractivity contribution in [3.8, 4) is 5.75 Å². The molecule has 0 aromatic carbocycles. The molecule has 3 N–H and O–H groups in total. The van der Waals surface area contributed by atoms with Crippen LogP contribution >= 0.6 is 0 Å². The van der Waals surface area contributed by atoms with Gasteiger partial charge in [0.05, 0.1) is 12.8 Å². The third-order valence-corrected chi connectivity index (χ3v) is 3.60. The minimum Gasteiger partial charge on any atom is -0.489 e. The average molecular weight is 342 g/mol. The van der Waals surface area contributed by atoms with Crippen molar-refractivity contribution >= 4 is 23.3 Å². The molecular formula is C17H18N4O4. The third kappa shape index (κ3) is 4.51. The number of nitrogens with zero attached hydrogens (tertiary/aromatic N) is 2. The first-order chi connectivity index (χ1) is 12.2. The Labute approximate surface area is 144 Å². The smallest absolute Gasteiger partial charge is 0.255 e. The number of aliphatic hydroxyl groups excluding tert-OH is 1. The Hall–Kier alpha value is -3.00. The minimum atomic E-state index is -0.383. The summed E-state index contributed by atoms with van der Waals surface area (Å²) in [4.78, 5) is 32.3. The van der Waals surface area contributed by atoms with Crippen molar-refractivity contribution in [2.45, 2.75) is 12.8 Å². The summed E-state index contributed by atoms with van der Waals surface area (Å²) in [7, 11) is 0. The number of nitrogens with one attached hydrogen (secondary N) is 2. The number of anilines is 2. The summed E-state index contributed by atoms with van der Waals surface area (Å²) in [6.07, 6.45) is 6.24. The molecule has 0 saturated heterocycles.